The van der Waals surface area contributed by atoms with Crippen LogP contribution < -0.4 is 15.4 Å². The minimum atomic E-state index is -3.22. The minimum Gasteiger partial charge on any atom is -0.497 e. The van der Waals surface area contributed by atoms with Gasteiger partial charge < -0.3 is 10.1 Å². The van der Waals surface area contributed by atoms with E-state index in [2.05, 4.69) is 15.6 Å². The third-order valence-electron chi connectivity index (χ3n) is 4.00. The first-order valence-corrected chi connectivity index (χ1v) is 10.5. The molecule has 0 spiro atoms. The summed E-state index contributed by atoms with van der Waals surface area (Å²) >= 11 is 1.30. The van der Waals surface area contributed by atoms with Crippen LogP contribution in [0.15, 0.2) is 24.3 Å². The maximum absolute atomic E-state index is 12.2. The number of thiazole rings is 1. The van der Waals surface area contributed by atoms with Crippen molar-refractivity contribution in [2.24, 2.45) is 0 Å². The van der Waals surface area contributed by atoms with Gasteiger partial charge in [-0.15, -0.1) is 0 Å². The second kappa shape index (κ2) is 7.60. The van der Waals surface area contributed by atoms with Gasteiger partial charge in [-0.25, -0.2) is 18.2 Å². The van der Waals surface area contributed by atoms with E-state index < -0.39 is 16.1 Å². The highest BCUT2D eigenvalue weighted by molar-refractivity contribution is 7.89. The first-order chi connectivity index (χ1) is 12.4. The van der Waals surface area contributed by atoms with Gasteiger partial charge in [-0.1, -0.05) is 17.4 Å². The highest BCUT2D eigenvalue weighted by Crippen LogP contribution is 2.29. The number of aromatic nitrogens is 1. The molecular formula is C16H20N4O4S2. The quantitative estimate of drug-likeness (QED) is 0.809. The molecule has 3 rings (SSSR count). The molecule has 0 fully saturated rings. The second-order valence-electron chi connectivity index (χ2n) is 5.68. The number of hydrogen-bond acceptors (Lipinski definition) is 6. The van der Waals surface area contributed by atoms with E-state index in [-0.39, 0.29) is 5.75 Å². The normalized spacial score (nSPS) is 14.5. The predicted molar refractivity (Wildman–Crippen MR) is 101 cm³/mol. The molecule has 8 nitrogen and oxygen atoms in total. The van der Waals surface area contributed by atoms with Crippen molar-refractivity contribution in [3.8, 4) is 5.75 Å². The van der Waals surface area contributed by atoms with Gasteiger partial charge in [0.1, 0.15) is 5.75 Å². The van der Waals surface area contributed by atoms with Crippen LogP contribution in [0.1, 0.15) is 17.5 Å². The number of carbonyl (C=O) groups excluding carboxylic acids is 1. The van der Waals surface area contributed by atoms with Crippen LogP contribution in [0.25, 0.3) is 0 Å². The zero-order chi connectivity index (χ0) is 18.7. The van der Waals surface area contributed by atoms with E-state index in [1.807, 2.05) is 0 Å². The van der Waals surface area contributed by atoms with E-state index in [1.165, 1.54) is 15.6 Å². The fourth-order valence-corrected chi connectivity index (χ4v) is 4.77. The van der Waals surface area contributed by atoms with Crippen molar-refractivity contribution in [2.75, 3.05) is 30.0 Å². The van der Waals surface area contributed by atoms with Gasteiger partial charge in [-0.2, -0.15) is 4.31 Å². The van der Waals surface area contributed by atoms with Crippen molar-refractivity contribution in [3.05, 3.63) is 34.8 Å². The zero-order valence-corrected chi connectivity index (χ0v) is 16.1. The van der Waals surface area contributed by atoms with Crippen molar-refractivity contribution in [2.45, 2.75) is 19.9 Å². The van der Waals surface area contributed by atoms with Gasteiger partial charge in [0.25, 0.3) is 0 Å². The SMILES string of the molecule is CCS(=O)(=O)N1CCc2nc(NC(=O)Nc3cccc(OC)c3)sc2C1. The maximum atomic E-state index is 12.2. The van der Waals surface area contributed by atoms with Gasteiger partial charge in [0, 0.05) is 36.1 Å². The van der Waals surface area contributed by atoms with Crippen LogP contribution in [0.4, 0.5) is 15.6 Å². The van der Waals surface area contributed by atoms with Crippen LogP contribution in [0, 0.1) is 0 Å². The number of sulfonamides is 1. The topological polar surface area (TPSA) is 101 Å². The fourth-order valence-electron chi connectivity index (χ4n) is 2.61. The first-order valence-electron chi connectivity index (χ1n) is 8.09. The Balaban J connectivity index is 1.66. The zero-order valence-electron chi connectivity index (χ0n) is 14.5. The van der Waals surface area contributed by atoms with Crippen LogP contribution in [0.2, 0.25) is 0 Å². The van der Waals surface area contributed by atoms with Gasteiger partial charge >= 0.3 is 6.03 Å². The first kappa shape index (κ1) is 18.6. The molecule has 1 aliphatic rings. The number of carbonyl (C=O) groups is 1. The molecule has 1 aromatic carbocycles. The number of methoxy groups -OCH3 is 1. The predicted octanol–water partition coefficient (Wildman–Crippen LogP) is 2.50. The Labute approximate surface area is 156 Å². The standard InChI is InChI=1S/C16H20N4O4S2/c1-3-26(22,23)20-8-7-13-14(10-20)25-16(18-13)19-15(21)17-11-5-4-6-12(9-11)24-2/h4-6,9H,3,7-8,10H2,1-2H3,(H2,17,18,19,21). The Kier molecular flexibility index (Phi) is 5.44. The highest BCUT2D eigenvalue weighted by Gasteiger charge is 2.28. The summed E-state index contributed by atoms with van der Waals surface area (Å²) in [6, 6.07) is 6.61. The molecule has 2 heterocycles. The van der Waals surface area contributed by atoms with E-state index >= 15 is 0 Å². The maximum Gasteiger partial charge on any atom is 0.325 e. The van der Waals surface area contributed by atoms with E-state index in [0.29, 0.717) is 36.1 Å². The molecule has 140 valence electrons. The van der Waals surface area contributed by atoms with Crippen LogP contribution in [-0.2, 0) is 23.0 Å². The highest BCUT2D eigenvalue weighted by atomic mass is 32.2. The van der Waals surface area contributed by atoms with Crippen molar-refractivity contribution in [1.82, 2.24) is 9.29 Å². The average Bonchev–Trinajstić information content (AvgIpc) is 3.02. The number of hydrogen-bond donors (Lipinski definition) is 2. The lowest BCUT2D eigenvalue weighted by Gasteiger charge is -2.24. The molecule has 10 heteroatoms. The third kappa shape index (κ3) is 4.14. The molecule has 0 radical (unpaired) electrons. The monoisotopic (exact) mass is 396 g/mol. The lowest BCUT2D eigenvalue weighted by atomic mass is 10.2. The van der Waals surface area contributed by atoms with E-state index in [1.54, 1.807) is 38.3 Å². The molecule has 1 aliphatic heterocycles. The molecular weight excluding hydrogens is 376 g/mol. The number of nitrogens with zero attached hydrogens (tertiary/aromatic N) is 2. The summed E-state index contributed by atoms with van der Waals surface area (Å²) in [6.07, 6.45) is 0.546. The van der Waals surface area contributed by atoms with Crippen molar-refractivity contribution >= 4 is 38.2 Å². The molecule has 2 N–H and O–H groups in total. The molecule has 2 aromatic rings. The Morgan fingerprint density at radius 1 is 1.38 bits per heavy atom. The lowest BCUT2D eigenvalue weighted by Crippen LogP contribution is -2.36. The van der Waals surface area contributed by atoms with Gasteiger partial charge in [0.05, 0.1) is 18.6 Å². The van der Waals surface area contributed by atoms with Crippen LogP contribution in [-0.4, -0.2) is 43.1 Å². The summed E-state index contributed by atoms with van der Waals surface area (Å²) < 4.78 is 30.6. The van der Waals surface area contributed by atoms with Crippen molar-refractivity contribution < 1.29 is 17.9 Å². The van der Waals surface area contributed by atoms with E-state index in [4.69, 9.17) is 4.74 Å². The summed E-state index contributed by atoms with van der Waals surface area (Å²) in [5.41, 5.74) is 1.44. The molecule has 2 amide bonds. The number of urea groups is 1. The summed E-state index contributed by atoms with van der Waals surface area (Å²) in [5.74, 6) is 0.722. The van der Waals surface area contributed by atoms with Crippen molar-refractivity contribution in [3.63, 3.8) is 0 Å². The van der Waals surface area contributed by atoms with Crippen LogP contribution in [0.3, 0.4) is 0 Å². The number of anilines is 2. The van der Waals surface area contributed by atoms with Gasteiger partial charge in [-0.3, -0.25) is 5.32 Å². The molecule has 0 bridgehead atoms. The summed E-state index contributed by atoms with van der Waals surface area (Å²) in [5, 5.41) is 5.87. The molecule has 0 aliphatic carbocycles. The molecule has 26 heavy (non-hydrogen) atoms. The average molecular weight is 396 g/mol. The summed E-state index contributed by atoms with van der Waals surface area (Å²) in [6.45, 7) is 2.36. The number of nitrogens with one attached hydrogen (secondary N) is 2. The Hall–Kier alpha value is -2.17. The van der Waals surface area contributed by atoms with E-state index in [9.17, 15) is 13.2 Å². The van der Waals surface area contributed by atoms with Gasteiger partial charge in [-0.05, 0) is 19.1 Å². The Bertz CT molecular complexity index is 911. The number of ether oxygens (including phenoxy) is 1. The Morgan fingerprint density at radius 2 is 2.19 bits per heavy atom. The molecule has 1 aromatic heterocycles. The number of benzene rings is 1. The fraction of sp³-hybridized carbons (Fsp3) is 0.375. The van der Waals surface area contributed by atoms with Crippen LogP contribution in [0.5, 0.6) is 5.75 Å². The molecule has 0 saturated heterocycles. The summed E-state index contributed by atoms with van der Waals surface area (Å²) in [4.78, 5) is 17.4. The van der Waals surface area contributed by atoms with E-state index in [0.717, 1.165) is 10.6 Å². The Morgan fingerprint density at radius 3 is 2.92 bits per heavy atom. The molecule has 0 saturated carbocycles. The lowest BCUT2D eigenvalue weighted by molar-refractivity contribution is 0.262. The largest absolute Gasteiger partial charge is 0.497 e. The van der Waals surface area contributed by atoms with Crippen molar-refractivity contribution in [1.29, 1.82) is 0 Å². The minimum absolute atomic E-state index is 0.0786. The van der Waals surface area contributed by atoms with Gasteiger partial charge in [0.15, 0.2) is 5.13 Å². The van der Waals surface area contributed by atoms with Gasteiger partial charge in [0.2, 0.25) is 10.0 Å². The second-order valence-corrected chi connectivity index (χ2v) is 9.03. The smallest absolute Gasteiger partial charge is 0.325 e. The molecule has 0 unspecified atom stereocenters. The number of fused-ring (bicyclic) bond motifs is 1. The molecule has 0 atom stereocenters. The third-order valence-corrected chi connectivity index (χ3v) is 6.83. The number of amides is 2. The summed E-state index contributed by atoms with van der Waals surface area (Å²) in [7, 11) is -1.67. The van der Waals surface area contributed by atoms with Crippen LogP contribution >= 0.6 is 11.3 Å². The number of rotatable bonds is 5.